The third kappa shape index (κ3) is 5.04. The Hall–Kier alpha value is -0.720. The summed E-state index contributed by atoms with van der Waals surface area (Å²) < 4.78 is 42.8. The lowest BCUT2D eigenvalue weighted by molar-refractivity contribution is -0.171. The predicted molar refractivity (Wildman–Crippen MR) is 69.1 cm³/mol. The van der Waals surface area contributed by atoms with Crippen LogP contribution in [0.5, 0.6) is 0 Å². The van der Waals surface area contributed by atoms with Crippen LogP contribution in [0, 0.1) is 5.92 Å². The van der Waals surface area contributed by atoms with Gasteiger partial charge in [0.2, 0.25) is 5.24 Å². The van der Waals surface area contributed by atoms with Gasteiger partial charge in [-0.25, -0.2) is 0 Å². The molecule has 19 heavy (non-hydrogen) atoms. The molecule has 2 atom stereocenters. The number of rotatable bonds is 6. The van der Waals surface area contributed by atoms with Crippen LogP contribution in [0.15, 0.2) is 30.3 Å². The van der Waals surface area contributed by atoms with Gasteiger partial charge in [-0.05, 0) is 17.2 Å². The molecule has 7 heteroatoms. The highest BCUT2D eigenvalue weighted by molar-refractivity contribution is 7.99. The van der Waals surface area contributed by atoms with E-state index in [1.54, 1.807) is 30.3 Å². The van der Waals surface area contributed by atoms with Crippen LogP contribution in [0.3, 0.4) is 0 Å². The molecule has 0 N–H and O–H groups in total. The van der Waals surface area contributed by atoms with Crippen LogP contribution in [0.4, 0.5) is 13.2 Å². The third-order valence-electron chi connectivity index (χ3n) is 2.37. The highest BCUT2D eigenvalue weighted by atomic mass is 35.5. The van der Waals surface area contributed by atoms with Gasteiger partial charge >= 0.3 is 6.18 Å². The Morgan fingerprint density at radius 1 is 1.37 bits per heavy atom. The highest BCUT2D eigenvalue weighted by Gasteiger charge is 2.44. The minimum absolute atomic E-state index is 0.473. The van der Waals surface area contributed by atoms with E-state index in [1.165, 1.54) is 7.11 Å². The van der Waals surface area contributed by atoms with Gasteiger partial charge in [-0.15, -0.1) is 11.8 Å². The van der Waals surface area contributed by atoms with Gasteiger partial charge in [0.25, 0.3) is 0 Å². The van der Waals surface area contributed by atoms with Crippen LogP contribution < -0.4 is 0 Å². The maximum Gasteiger partial charge on any atom is 0.400 e. The monoisotopic (exact) mass is 312 g/mol. The zero-order valence-electron chi connectivity index (χ0n) is 9.99. The molecule has 2 unspecified atom stereocenters. The van der Waals surface area contributed by atoms with E-state index in [4.69, 9.17) is 16.3 Å². The summed E-state index contributed by atoms with van der Waals surface area (Å²) in [6.07, 6.45) is -4.64. The number of hydrogen-bond donors (Lipinski definition) is 0. The van der Waals surface area contributed by atoms with Gasteiger partial charge in [-0.2, -0.15) is 13.2 Å². The van der Waals surface area contributed by atoms with Crippen molar-refractivity contribution < 1.29 is 22.7 Å². The van der Waals surface area contributed by atoms with Crippen molar-refractivity contribution in [3.63, 3.8) is 0 Å². The molecule has 0 aromatic heterocycles. The molecular weight excluding hydrogens is 301 g/mol. The van der Waals surface area contributed by atoms with Crippen LogP contribution in [-0.4, -0.2) is 24.3 Å². The molecule has 0 amide bonds. The second-order valence-corrected chi connectivity index (χ2v) is 5.18. The van der Waals surface area contributed by atoms with Gasteiger partial charge in [0.1, 0.15) is 11.4 Å². The maximum atomic E-state index is 12.6. The molecular formula is C12H12ClF3O2S. The fourth-order valence-corrected chi connectivity index (χ4v) is 2.87. The number of benzene rings is 1. The number of carbonyl (C=O) groups excluding carboxylic acids is 1. The van der Waals surface area contributed by atoms with Crippen molar-refractivity contribution in [3.8, 4) is 0 Å². The molecule has 1 rings (SSSR count). The molecule has 106 valence electrons. The summed E-state index contributed by atoms with van der Waals surface area (Å²) in [4.78, 5) is 10.8. The SMILES string of the molecule is COC(SCC(C(=O)Cl)C(F)(F)F)c1ccccc1. The first-order chi connectivity index (χ1) is 8.86. The van der Waals surface area contributed by atoms with E-state index in [-0.39, 0.29) is 0 Å². The Morgan fingerprint density at radius 2 is 1.95 bits per heavy atom. The quantitative estimate of drug-likeness (QED) is 0.586. The Bertz CT molecular complexity index is 411. The van der Waals surface area contributed by atoms with Crippen molar-refractivity contribution in [2.24, 2.45) is 5.92 Å². The van der Waals surface area contributed by atoms with Crippen molar-refractivity contribution in [2.75, 3.05) is 12.9 Å². The molecule has 1 aromatic carbocycles. The molecule has 0 aliphatic rings. The fourth-order valence-electron chi connectivity index (χ4n) is 1.38. The average Bonchev–Trinajstić information content (AvgIpc) is 2.33. The molecule has 0 spiro atoms. The van der Waals surface area contributed by atoms with Crippen molar-refractivity contribution in [2.45, 2.75) is 11.6 Å². The number of halogens is 4. The number of carbonyl (C=O) groups is 1. The molecule has 2 nitrogen and oxygen atoms in total. The van der Waals surface area contributed by atoms with Crippen LogP contribution in [0.1, 0.15) is 11.0 Å². The summed E-state index contributed by atoms with van der Waals surface area (Å²) >= 11 is 5.88. The Balaban J connectivity index is 2.70. The molecule has 0 aliphatic heterocycles. The van der Waals surface area contributed by atoms with E-state index in [1.807, 2.05) is 0 Å². The standard InChI is InChI=1S/C12H12ClF3O2S/c1-18-11(8-5-3-2-4-6-8)19-7-9(10(13)17)12(14,15)16/h2-6,9,11H,7H2,1H3. The lowest BCUT2D eigenvalue weighted by atomic mass is 10.2. The van der Waals surface area contributed by atoms with Crippen molar-refractivity contribution in [3.05, 3.63) is 35.9 Å². The summed E-state index contributed by atoms with van der Waals surface area (Å²) in [6.45, 7) is 0. The summed E-state index contributed by atoms with van der Waals surface area (Å²) in [5, 5.41) is -1.40. The highest BCUT2D eigenvalue weighted by Crippen LogP contribution is 2.36. The zero-order valence-corrected chi connectivity index (χ0v) is 11.6. The van der Waals surface area contributed by atoms with Gasteiger partial charge in [0.15, 0.2) is 0 Å². The summed E-state index contributed by atoms with van der Waals surface area (Å²) in [5.74, 6) is -2.65. The number of thioether (sulfide) groups is 1. The number of methoxy groups -OCH3 is 1. The summed E-state index contributed by atoms with van der Waals surface area (Å²) in [6, 6.07) is 8.80. The third-order valence-corrected chi connectivity index (χ3v) is 3.93. The van der Waals surface area contributed by atoms with Crippen molar-refractivity contribution in [1.29, 1.82) is 0 Å². The van der Waals surface area contributed by atoms with Crippen LogP contribution in [-0.2, 0) is 9.53 Å². The molecule has 0 heterocycles. The minimum Gasteiger partial charge on any atom is -0.366 e. The molecule has 0 aliphatic carbocycles. The first kappa shape index (κ1) is 16.3. The molecule has 0 saturated heterocycles. The summed E-state index contributed by atoms with van der Waals surface area (Å²) in [5.41, 5.74) is 0.167. The lowest BCUT2D eigenvalue weighted by Crippen LogP contribution is -2.30. The number of alkyl halides is 3. The van der Waals surface area contributed by atoms with Crippen LogP contribution >= 0.6 is 23.4 Å². The zero-order chi connectivity index (χ0) is 14.5. The Kier molecular flexibility index (Phi) is 6.16. The smallest absolute Gasteiger partial charge is 0.366 e. The summed E-state index contributed by atoms with van der Waals surface area (Å²) in [7, 11) is 1.40. The van der Waals surface area contributed by atoms with Gasteiger partial charge in [0, 0.05) is 12.9 Å². The number of ether oxygens (including phenoxy) is 1. The molecule has 0 fully saturated rings. The lowest BCUT2D eigenvalue weighted by Gasteiger charge is -2.20. The van der Waals surface area contributed by atoms with Crippen molar-refractivity contribution in [1.82, 2.24) is 0 Å². The molecule has 0 radical (unpaired) electrons. The van der Waals surface area contributed by atoms with E-state index in [9.17, 15) is 18.0 Å². The normalized spacial score (nSPS) is 15.0. The maximum absolute atomic E-state index is 12.6. The van der Waals surface area contributed by atoms with Gasteiger partial charge in [-0.1, -0.05) is 30.3 Å². The van der Waals surface area contributed by atoms with E-state index in [0.29, 0.717) is 0 Å². The van der Waals surface area contributed by atoms with Gasteiger partial charge < -0.3 is 4.74 Å². The first-order valence-electron chi connectivity index (χ1n) is 5.31. The van der Waals surface area contributed by atoms with Crippen molar-refractivity contribution >= 4 is 28.6 Å². The minimum atomic E-state index is -4.64. The van der Waals surface area contributed by atoms with E-state index in [2.05, 4.69) is 0 Å². The topological polar surface area (TPSA) is 26.3 Å². The van der Waals surface area contributed by atoms with E-state index in [0.717, 1.165) is 17.3 Å². The Labute approximate surface area is 118 Å². The van der Waals surface area contributed by atoms with E-state index < -0.39 is 28.5 Å². The Morgan fingerprint density at radius 3 is 2.37 bits per heavy atom. The number of hydrogen-bond acceptors (Lipinski definition) is 3. The average molecular weight is 313 g/mol. The second kappa shape index (κ2) is 7.17. The largest absolute Gasteiger partial charge is 0.400 e. The molecule has 0 saturated carbocycles. The fraction of sp³-hybridized carbons (Fsp3) is 0.417. The second-order valence-electron chi connectivity index (χ2n) is 3.71. The molecule has 0 bridgehead atoms. The molecule has 1 aromatic rings. The first-order valence-corrected chi connectivity index (χ1v) is 6.74. The van der Waals surface area contributed by atoms with Crippen LogP contribution in [0.2, 0.25) is 0 Å². The van der Waals surface area contributed by atoms with Crippen LogP contribution in [0.25, 0.3) is 0 Å². The predicted octanol–water partition coefficient (Wildman–Crippen LogP) is 4.01. The van der Waals surface area contributed by atoms with E-state index >= 15 is 0 Å². The van der Waals surface area contributed by atoms with Gasteiger partial charge in [-0.3, -0.25) is 4.79 Å². The van der Waals surface area contributed by atoms with Gasteiger partial charge in [0.05, 0.1) is 0 Å².